The maximum atomic E-state index is 14.1. The molecule has 1 unspecified atom stereocenters. The number of hydrogen-bond acceptors (Lipinski definition) is 8. The molecular formula is C42H39N3O6S2. The van der Waals surface area contributed by atoms with Gasteiger partial charge in [-0.1, -0.05) is 73.2 Å². The van der Waals surface area contributed by atoms with Crippen LogP contribution < -0.4 is 20.7 Å². The first-order chi connectivity index (χ1) is 25.8. The summed E-state index contributed by atoms with van der Waals surface area (Å²) in [4.78, 5) is 55.9. The van der Waals surface area contributed by atoms with Gasteiger partial charge in [0, 0.05) is 21.0 Å². The molecule has 9 nitrogen and oxygen atoms in total. The molecule has 0 radical (unpaired) electrons. The van der Waals surface area contributed by atoms with Crippen molar-refractivity contribution in [2.75, 3.05) is 24.9 Å². The number of methoxy groups -OCH3 is 2. The Balaban J connectivity index is 1.25. The van der Waals surface area contributed by atoms with Gasteiger partial charge in [0.15, 0.2) is 0 Å². The summed E-state index contributed by atoms with van der Waals surface area (Å²) in [5.41, 5.74) is 3.74. The molecule has 1 heterocycles. The van der Waals surface area contributed by atoms with E-state index in [2.05, 4.69) is 16.0 Å². The second kappa shape index (κ2) is 17.7. The lowest BCUT2D eigenvalue weighted by Gasteiger charge is -2.18. The van der Waals surface area contributed by atoms with E-state index in [4.69, 9.17) is 9.47 Å². The molecule has 6 rings (SSSR count). The first-order valence-corrected chi connectivity index (χ1v) is 18.9. The van der Waals surface area contributed by atoms with E-state index >= 15 is 0 Å². The maximum absolute atomic E-state index is 14.1. The summed E-state index contributed by atoms with van der Waals surface area (Å²) in [6, 6.07) is 32.4. The minimum Gasteiger partial charge on any atom is -0.497 e. The Labute approximate surface area is 316 Å². The fraction of sp³-hybridized carbons (Fsp3) is 0.190. The van der Waals surface area contributed by atoms with Gasteiger partial charge >= 0.3 is 5.97 Å². The van der Waals surface area contributed by atoms with Gasteiger partial charge in [0.2, 0.25) is 5.91 Å². The molecule has 53 heavy (non-hydrogen) atoms. The number of carbonyl (C=O) groups excluding carboxylic acids is 4. The number of amides is 3. The van der Waals surface area contributed by atoms with Crippen molar-refractivity contribution in [3.63, 3.8) is 0 Å². The standard InChI is InChI=1S/C42H39N3O6S2/c1-50-31-20-12-14-27(24-31)25-34(44-38(46)29-17-8-4-9-18-29)39(47)43-30-19-13-21-32(26-30)52-37(28-15-6-3-7-16-28)40(48)45-41-36(42(49)51-2)33-22-10-5-11-23-35(33)53-41/h3-4,6-9,12-21,24-26,37H,5,10-11,22-23H2,1-2H3,(H,43,47)(H,44,46)(H,45,48)/b34-25-. The van der Waals surface area contributed by atoms with E-state index < -0.39 is 23.0 Å². The van der Waals surface area contributed by atoms with Crippen molar-refractivity contribution in [3.05, 3.63) is 148 Å². The van der Waals surface area contributed by atoms with Crippen molar-refractivity contribution >= 4 is 63.6 Å². The van der Waals surface area contributed by atoms with Crippen LogP contribution in [0.5, 0.6) is 5.75 Å². The number of anilines is 2. The molecule has 0 spiro atoms. The monoisotopic (exact) mass is 745 g/mol. The van der Waals surface area contributed by atoms with Crippen LogP contribution in [0.1, 0.15) is 66.8 Å². The zero-order valence-corrected chi connectivity index (χ0v) is 31.0. The lowest BCUT2D eigenvalue weighted by Crippen LogP contribution is -2.30. The summed E-state index contributed by atoms with van der Waals surface area (Å²) >= 11 is 2.77. The van der Waals surface area contributed by atoms with Crippen molar-refractivity contribution in [1.29, 1.82) is 0 Å². The molecule has 270 valence electrons. The normalized spacial score (nSPS) is 13.1. The van der Waals surface area contributed by atoms with Crippen LogP contribution in [-0.2, 0) is 27.2 Å². The van der Waals surface area contributed by atoms with Crippen LogP contribution in [0.3, 0.4) is 0 Å². The average Bonchev–Trinajstić information content (AvgIpc) is 3.36. The van der Waals surface area contributed by atoms with Crippen molar-refractivity contribution in [3.8, 4) is 5.75 Å². The number of rotatable bonds is 12. The zero-order chi connectivity index (χ0) is 37.2. The predicted octanol–water partition coefficient (Wildman–Crippen LogP) is 8.69. The number of carbonyl (C=O) groups is 4. The number of aryl methyl sites for hydroxylation is 1. The molecule has 0 aliphatic heterocycles. The molecule has 4 aromatic carbocycles. The third kappa shape index (κ3) is 9.43. The summed E-state index contributed by atoms with van der Waals surface area (Å²) in [6.45, 7) is 0. The molecule has 5 aromatic rings. The zero-order valence-electron chi connectivity index (χ0n) is 29.3. The van der Waals surface area contributed by atoms with Gasteiger partial charge in [0.25, 0.3) is 11.8 Å². The highest BCUT2D eigenvalue weighted by atomic mass is 32.2. The van der Waals surface area contributed by atoms with Gasteiger partial charge in [-0.15, -0.1) is 23.1 Å². The van der Waals surface area contributed by atoms with Gasteiger partial charge in [-0.25, -0.2) is 4.79 Å². The van der Waals surface area contributed by atoms with Gasteiger partial charge in [-0.05, 0) is 90.9 Å². The Morgan fingerprint density at radius 2 is 1.53 bits per heavy atom. The van der Waals surface area contributed by atoms with Crippen LogP contribution in [-0.4, -0.2) is 37.9 Å². The third-order valence-electron chi connectivity index (χ3n) is 8.67. The number of benzene rings is 4. The molecule has 1 aliphatic carbocycles. The number of ether oxygens (including phenoxy) is 2. The molecule has 0 bridgehead atoms. The van der Waals surface area contributed by atoms with Gasteiger partial charge in [-0.3, -0.25) is 14.4 Å². The van der Waals surface area contributed by atoms with E-state index in [1.807, 2.05) is 42.5 Å². The van der Waals surface area contributed by atoms with Crippen LogP contribution in [0.25, 0.3) is 6.08 Å². The van der Waals surface area contributed by atoms with E-state index in [9.17, 15) is 19.2 Å². The Morgan fingerprint density at radius 1 is 0.792 bits per heavy atom. The summed E-state index contributed by atoms with van der Waals surface area (Å²) in [5, 5.41) is 8.57. The smallest absolute Gasteiger partial charge is 0.341 e. The number of thioether (sulfide) groups is 1. The Morgan fingerprint density at radius 3 is 2.28 bits per heavy atom. The summed E-state index contributed by atoms with van der Waals surface area (Å²) in [5.74, 6) is -1.11. The highest BCUT2D eigenvalue weighted by molar-refractivity contribution is 8.00. The van der Waals surface area contributed by atoms with Crippen LogP contribution in [0.2, 0.25) is 0 Å². The Kier molecular flexibility index (Phi) is 12.4. The Hall–Kier alpha value is -5.65. The summed E-state index contributed by atoms with van der Waals surface area (Å²) < 4.78 is 10.5. The highest BCUT2D eigenvalue weighted by Crippen LogP contribution is 2.41. The van der Waals surface area contributed by atoms with E-state index in [1.165, 1.54) is 30.2 Å². The molecule has 3 amide bonds. The quantitative estimate of drug-likeness (QED) is 0.0506. The topological polar surface area (TPSA) is 123 Å². The SMILES string of the molecule is COC(=O)c1c(NC(=O)C(Sc2cccc(NC(=O)/C(=C/c3cccc(OC)c3)NC(=O)c3ccccc3)c2)c2ccccc2)sc2c1CCCCC2. The molecule has 0 saturated heterocycles. The van der Waals surface area contributed by atoms with Crippen molar-refractivity contribution in [2.24, 2.45) is 0 Å². The number of fused-ring (bicyclic) bond motifs is 1. The fourth-order valence-corrected chi connectivity index (χ4v) is 8.41. The molecule has 0 saturated carbocycles. The minimum absolute atomic E-state index is 0.0301. The number of esters is 1. The van der Waals surface area contributed by atoms with E-state index in [-0.39, 0.29) is 11.6 Å². The van der Waals surface area contributed by atoms with E-state index in [1.54, 1.807) is 79.9 Å². The van der Waals surface area contributed by atoms with E-state index in [0.29, 0.717) is 38.0 Å². The first kappa shape index (κ1) is 37.1. The molecule has 1 aromatic heterocycles. The molecular weight excluding hydrogens is 707 g/mol. The lowest BCUT2D eigenvalue weighted by atomic mass is 10.1. The summed E-state index contributed by atoms with van der Waals surface area (Å²) in [6.07, 6.45) is 6.33. The highest BCUT2D eigenvalue weighted by Gasteiger charge is 2.29. The molecule has 1 aliphatic rings. The molecule has 3 N–H and O–H groups in total. The van der Waals surface area contributed by atoms with Gasteiger partial charge in [-0.2, -0.15) is 0 Å². The maximum Gasteiger partial charge on any atom is 0.341 e. The number of hydrogen-bond donors (Lipinski definition) is 3. The lowest BCUT2D eigenvalue weighted by molar-refractivity contribution is -0.116. The first-order valence-electron chi connectivity index (χ1n) is 17.2. The van der Waals surface area contributed by atoms with Crippen molar-refractivity contribution in [2.45, 2.75) is 42.2 Å². The minimum atomic E-state index is -0.691. The largest absolute Gasteiger partial charge is 0.497 e. The number of thiophene rings is 1. The Bertz CT molecular complexity index is 2130. The van der Waals surface area contributed by atoms with Crippen LogP contribution >= 0.6 is 23.1 Å². The van der Waals surface area contributed by atoms with Crippen LogP contribution in [0, 0.1) is 0 Å². The van der Waals surface area contributed by atoms with Crippen molar-refractivity contribution in [1.82, 2.24) is 5.32 Å². The molecule has 11 heteroatoms. The molecule has 1 atom stereocenters. The number of nitrogens with one attached hydrogen (secondary N) is 3. The van der Waals surface area contributed by atoms with Gasteiger partial charge in [0.1, 0.15) is 21.7 Å². The van der Waals surface area contributed by atoms with Crippen molar-refractivity contribution < 1.29 is 28.7 Å². The van der Waals surface area contributed by atoms with Gasteiger partial charge < -0.3 is 25.4 Å². The van der Waals surface area contributed by atoms with Crippen LogP contribution in [0.4, 0.5) is 10.7 Å². The second-order valence-electron chi connectivity index (χ2n) is 12.3. The van der Waals surface area contributed by atoms with Crippen LogP contribution in [0.15, 0.2) is 120 Å². The van der Waals surface area contributed by atoms with E-state index in [0.717, 1.165) is 48.1 Å². The van der Waals surface area contributed by atoms with Gasteiger partial charge in [0.05, 0.1) is 19.8 Å². The average molecular weight is 746 g/mol. The fourth-order valence-electron chi connectivity index (χ4n) is 6.05. The second-order valence-corrected chi connectivity index (χ2v) is 14.6. The molecule has 0 fully saturated rings. The third-order valence-corrected chi connectivity index (χ3v) is 11.1. The summed E-state index contributed by atoms with van der Waals surface area (Å²) in [7, 11) is 2.91. The predicted molar refractivity (Wildman–Crippen MR) is 211 cm³/mol.